The predicted octanol–water partition coefficient (Wildman–Crippen LogP) is 3.47. The zero-order valence-corrected chi connectivity index (χ0v) is 15.0. The molecule has 0 radical (unpaired) electrons. The average molecular weight is 344 g/mol. The van der Waals surface area contributed by atoms with Crippen LogP contribution in [-0.2, 0) is 16.4 Å². The van der Waals surface area contributed by atoms with E-state index in [2.05, 4.69) is 5.32 Å². The van der Waals surface area contributed by atoms with Gasteiger partial charge in [0.05, 0.1) is 16.1 Å². The maximum Gasteiger partial charge on any atom is 0.245 e. The minimum absolute atomic E-state index is 0.554. The molecule has 5 heteroatoms. The predicted molar refractivity (Wildman–Crippen MR) is 99.2 cm³/mol. The van der Waals surface area contributed by atoms with Crippen molar-refractivity contribution in [3.8, 4) is 0 Å². The van der Waals surface area contributed by atoms with Gasteiger partial charge in [0.15, 0.2) is 0 Å². The van der Waals surface area contributed by atoms with Crippen LogP contribution in [0.5, 0.6) is 0 Å². The molecule has 1 atom stereocenters. The summed E-state index contributed by atoms with van der Waals surface area (Å²) in [5.74, 6) is 0. The van der Waals surface area contributed by atoms with Crippen molar-refractivity contribution in [3.63, 3.8) is 0 Å². The van der Waals surface area contributed by atoms with E-state index in [1.807, 2.05) is 68.6 Å². The summed E-state index contributed by atoms with van der Waals surface area (Å²) in [7, 11) is -1.61. The van der Waals surface area contributed by atoms with Crippen LogP contribution in [0, 0.1) is 0 Å². The molecule has 0 fully saturated rings. The van der Waals surface area contributed by atoms with Gasteiger partial charge in [-0.2, -0.15) is 0 Å². The van der Waals surface area contributed by atoms with Crippen molar-refractivity contribution in [2.75, 3.05) is 17.9 Å². The minimum Gasteiger partial charge on any atom is -0.320 e. The van der Waals surface area contributed by atoms with Gasteiger partial charge in [0.2, 0.25) is 10.0 Å². The molecule has 128 valence electrons. The lowest BCUT2D eigenvalue weighted by atomic mass is 9.94. The Hall–Kier alpha value is -1.85. The van der Waals surface area contributed by atoms with Gasteiger partial charge >= 0.3 is 0 Å². The van der Waals surface area contributed by atoms with E-state index in [1.54, 1.807) is 0 Å². The summed E-state index contributed by atoms with van der Waals surface area (Å²) in [6, 6.07) is 17.2. The fourth-order valence-corrected chi connectivity index (χ4v) is 5.42. The van der Waals surface area contributed by atoms with Gasteiger partial charge in [0.1, 0.15) is 0 Å². The quantitative estimate of drug-likeness (QED) is 0.845. The van der Waals surface area contributed by atoms with Gasteiger partial charge in [-0.05, 0) is 63.5 Å². The third-order valence-electron chi connectivity index (χ3n) is 4.76. The van der Waals surface area contributed by atoms with Gasteiger partial charge in [-0.1, -0.05) is 36.4 Å². The van der Waals surface area contributed by atoms with Gasteiger partial charge in [-0.3, -0.25) is 0 Å². The molecule has 0 saturated carbocycles. The van der Waals surface area contributed by atoms with Crippen molar-refractivity contribution in [1.82, 2.24) is 5.32 Å². The van der Waals surface area contributed by atoms with E-state index in [0.717, 1.165) is 24.2 Å². The second-order valence-corrected chi connectivity index (χ2v) is 8.87. The number of fused-ring (bicyclic) bond motifs is 1. The fraction of sp³-hybridized carbons (Fsp3) is 0.368. The van der Waals surface area contributed by atoms with Crippen molar-refractivity contribution in [1.29, 1.82) is 0 Å². The first kappa shape index (κ1) is 17.0. The SMILES string of the molecule is CNCCCC1(C)Cc2ccccc2N(c2ccccc2)S1(=O)=O. The lowest BCUT2D eigenvalue weighted by Gasteiger charge is -2.42. The molecule has 0 aromatic heterocycles. The number of para-hydroxylation sites is 2. The van der Waals surface area contributed by atoms with Crippen molar-refractivity contribution in [3.05, 3.63) is 60.2 Å². The first-order valence-corrected chi connectivity index (χ1v) is 9.76. The Bertz CT molecular complexity index is 805. The number of benzene rings is 2. The largest absolute Gasteiger partial charge is 0.320 e. The third-order valence-corrected chi connectivity index (χ3v) is 7.24. The van der Waals surface area contributed by atoms with Gasteiger partial charge < -0.3 is 5.32 Å². The summed E-state index contributed by atoms with van der Waals surface area (Å²) in [6.07, 6.45) is 2.02. The Morgan fingerprint density at radius 1 is 1.08 bits per heavy atom. The number of anilines is 2. The Balaban J connectivity index is 2.12. The van der Waals surface area contributed by atoms with Gasteiger partial charge in [0.25, 0.3) is 0 Å². The molecule has 0 spiro atoms. The van der Waals surface area contributed by atoms with Crippen LogP contribution in [0.3, 0.4) is 0 Å². The van der Waals surface area contributed by atoms with Crippen molar-refractivity contribution >= 4 is 21.4 Å². The molecule has 0 amide bonds. The standard InChI is InChI=1S/C19H24N2O2S/c1-19(13-8-14-20-2)15-16-9-6-7-12-18(16)21(24(19,22)23)17-10-4-3-5-11-17/h3-7,9-12,20H,8,13-15H2,1-2H3. The smallest absolute Gasteiger partial charge is 0.245 e. The maximum atomic E-state index is 13.5. The van der Waals surface area contributed by atoms with Crippen LogP contribution in [0.1, 0.15) is 25.3 Å². The Morgan fingerprint density at radius 2 is 1.75 bits per heavy atom. The van der Waals surface area contributed by atoms with E-state index >= 15 is 0 Å². The first-order valence-electron chi connectivity index (χ1n) is 8.32. The summed E-state index contributed by atoms with van der Waals surface area (Å²) in [4.78, 5) is 0. The van der Waals surface area contributed by atoms with E-state index in [4.69, 9.17) is 0 Å². The van der Waals surface area contributed by atoms with Crippen LogP contribution in [-0.4, -0.2) is 26.8 Å². The summed E-state index contributed by atoms with van der Waals surface area (Å²) >= 11 is 0. The van der Waals surface area contributed by atoms with E-state index in [-0.39, 0.29) is 0 Å². The lowest BCUT2D eigenvalue weighted by molar-refractivity contribution is 0.479. The van der Waals surface area contributed by atoms with Crippen LogP contribution < -0.4 is 9.62 Å². The van der Waals surface area contributed by atoms with Crippen LogP contribution in [0.25, 0.3) is 0 Å². The van der Waals surface area contributed by atoms with Gasteiger partial charge in [-0.25, -0.2) is 12.7 Å². The van der Waals surface area contributed by atoms with E-state index < -0.39 is 14.8 Å². The Labute approximate surface area is 144 Å². The normalized spacial score (nSPS) is 22.2. The highest BCUT2D eigenvalue weighted by molar-refractivity contribution is 7.94. The number of nitrogens with zero attached hydrogens (tertiary/aromatic N) is 1. The Morgan fingerprint density at radius 3 is 2.46 bits per heavy atom. The summed E-state index contributed by atoms with van der Waals surface area (Å²) < 4.78 is 27.7. The third kappa shape index (κ3) is 2.82. The van der Waals surface area contributed by atoms with Gasteiger partial charge in [-0.15, -0.1) is 0 Å². The highest BCUT2D eigenvalue weighted by atomic mass is 32.2. The van der Waals surface area contributed by atoms with Crippen LogP contribution in [0.2, 0.25) is 0 Å². The molecule has 1 N–H and O–H groups in total. The van der Waals surface area contributed by atoms with Crippen molar-refractivity contribution in [2.45, 2.75) is 30.9 Å². The summed E-state index contributed by atoms with van der Waals surface area (Å²) in [5.41, 5.74) is 2.56. The fourth-order valence-electron chi connectivity index (χ4n) is 3.40. The molecule has 2 aromatic rings. The van der Waals surface area contributed by atoms with Crippen LogP contribution in [0.4, 0.5) is 11.4 Å². The molecule has 1 unspecified atom stereocenters. The molecule has 1 heterocycles. The number of hydrogen-bond acceptors (Lipinski definition) is 3. The number of sulfonamides is 1. The molecule has 1 aliphatic rings. The average Bonchev–Trinajstić information content (AvgIpc) is 2.57. The Kier molecular flexibility index (Phi) is 4.65. The molecule has 0 saturated heterocycles. The molecule has 1 aliphatic heterocycles. The van der Waals surface area contributed by atoms with Crippen molar-refractivity contribution in [2.24, 2.45) is 0 Å². The lowest BCUT2D eigenvalue weighted by Crippen LogP contribution is -2.50. The highest BCUT2D eigenvalue weighted by Crippen LogP contribution is 2.44. The first-order chi connectivity index (χ1) is 11.5. The molecular weight excluding hydrogens is 320 g/mol. The monoisotopic (exact) mass is 344 g/mol. The maximum absolute atomic E-state index is 13.5. The minimum atomic E-state index is -3.51. The summed E-state index contributed by atoms with van der Waals surface area (Å²) in [5, 5.41) is 3.11. The molecule has 4 nitrogen and oxygen atoms in total. The van der Waals surface area contributed by atoms with Crippen molar-refractivity contribution < 1.29 is 8.42 Å². The number of rotatable bonds is 5. The zero-order chi connectivity index (χ0) is 17.2. The summed E-state index contributed by atoms with van der Waals surface area (Å²) in [6.45, 7) is 2.70. The molecule has 3 rings (SSSR count). The molecule has 2 aromatic carbocycles. The molecule has 24 heavy (non-hydrogen) atoms. The second kappa shape index (κ2) is 6.57. The number of hydrogen-bond donors (Lipinski definition) is 1. The zero-order valence-electron chi connectivity index (χ0n) is 14.2. The second-order valence-electron chi connectivity index (χ2n) is 6.57. The number of nitrogens with one attached hydrogen (secondary N) is 1. The van der Waals surface area contributed by atoms with E-state index in [9.17, 15) is 8.42 Å². The molecular formula is C19H24N2O2S. The van der Waals surface area contributed by atoms with Gasteiger partial charge in [0, 0.05) is 0 Å². The van der Waals surface area contributed by atoms with E-state index in [1.165, 1.54) is 4.31 Å². The molecule has 0 aliphatic carbocycles. The van der Waals surface area contributed by atoms with Crippen LogP contribution >= 0.6 is 0 Å². The van der Waals surface area contributed by atoms with E-state index in [0.29, 0.717) is 18.5 Å². The highest BCUT2D eigenvalue weighted by Gasteiger charge is 2.48. The molecule has 0 bridgehead atoms. The van der Waals surface area contributed by atoms with Crippen LogP contribution in [0.15, 0.2) is 54.6 Å². The topological polar surface area (TPSA) is 49.4 Å².